The first-order valence-corrected chi connectivity index (χ1v) is 7.04. The number of carbonyl (C=O) groups excluding carboxylic acids is 1. The predicted molar refractivity (Wildman–Crippen MR) is 80.6 cm³/mol. The van der Waals surface area contributed by atoms with Crippen molar-refractivity contribution in [3.8, 4) is 0 Å². The Morgan fingerprint density at radius 3 is 2.75 bits per heavy atom. The lowest BCUT2D eigenvalue weighted by atomic mass is 9.95. The van der Waals surface area contributed by atoms with Crippen molar-refractivity contribution in [2.24, 2.45) is 11.7 Å². The molecule has 2 heterocycles. The van der Waals surface area contributed by atoms with Crippen LogP contribution in [-0.4, -0.2) is 24.0 Å². The number of nitrogens with two attached hydrogens (primary N) is 1. The van der Waals surface area contributed by atoms with Crippen LogP contribution in [0.4, 0.5) is 5.69 Å². The van der Waals surface area contributed by atoms with E-state index in [1.54, 1.807) is 0 Å². The molecule has 4 heteroatoms. The van der Waals surface area contributed by atoms with Crippen LogP contribution in [0.1, 0.15) is 18.4 Å². The highest BCUT2D eigenvalue weighted by molar-refractivity contribution is 5.96. The van der Waals surface area contributed by atoms with Gasteiger partial charge in [-0.25, -0.2) is 0 Å². The molecule has 0 saturated carbocycles. The van der Waals surface area contributed by atoms with Gasteiger partial charge in [0.2, 0.25) is 5.91 Å². The summed E-state index contributed by atoms with van der Waals surface area (Å²) in [4.78, 5) is 17.9. The standard InChI is InChI=1S/C16H19N3O/c1-11-9-18-10-13-3-2-4-14(15(11)13)19-7-5-12(6-8-19)16(17)20/h2-4,9-10,12H,5-8H2,1H3,(H2,17,20). The maximum Gasteiger partial charge on any atom is 0.220 e. The molecule has 0 aliphatic carbocycles. The Bertz CT molecular complexity index is 640. The van der Waals surface area contributed by atoms with Gasteiger partial charge in [-0.2, -0.15) is 0 Å². The average Bonchev–Trinajstić information content (AvgIpc) is 2.47. The SMILES string of the molecule is Cc1cncc2cccc(N3CCC(C(N)=O)CC3)c12. The molecule has 3 rings (SSSR count). The molecule has 1 amide bonds. The van der Waals surface area contributed by atoms with Gasteiger partial charge >= 0.3 is 0 Å². The highest BCUT2D eigenvalue weighted by atomic mass is 16.1. The first-order valence-electron chi connectivity index (χ1n) is 7.04. The molecule has 1 aliphatic rings. The molecule has 1 aromatic heterocycles. The molecule has 1 saturated heterocycles. The van der Waals surface area contributed by atoms with Crippen molar-refractivity contribution in [3.05, 3.63) is 36.2 Å². The average molecular weight is 269 g/mol. The molecule has 1 aliphatic heterocycles. The van der Waals surface area contributed by atoms with Crippen LogP contribution in [0.25, 0.3) is 10.8 Å². The van der Waals surface area contributed by atoms with Crippen LogP contribution in [0.3, 0.4) is 0 Å². The second-order valence-electron chi connectivity index (χ2n) is 5.50. The Labute approximate surface area is 118 Å². The predicted octanol–water partition coefficient (Wildman–Crippen LogP) is 2.24. The molecular formula is C16H19N3O. The highest BCUT2D eigenvalue weighted by Crippen LogP contribution is 2.31. The van der Waals surface area contributed by atoms with E-state index in [9.17, 15) is 4.79 Å². The van der Waals surface area contributed by atoms with Gasteiger partial charge in [0, 0.05) is 47.9 Å². The third-order valence-corrected chi connectivity index (χ3v) is 4.19. The fourth-order valence-electron chi connectivity index (χ4n) is 3.06. The van der Waals surface area contributed by atoms with E-state index in [1.807, 2.05) is 12.4 Å². The number of anilines is 1. The number of aryl methyl sites for hydroxylation is 1. The summed E-state index contributed by atoms with van der Waals surface area (Å²) in [7, 11) is 0. The van der Waals surface area contributed by atoms with Gasteiger partial charge in [-0.1, -0.05) is 12.1 Å². The topological polar surface area (TPSA) is 59.2 Å². The zero-order valence-electron chi connectivity index (χ0n) is 11.7. The Hall–Kier alpha value is -2.10. The van der Waals surface area contributed by atoms with Crippen molar-refractivity contribution in [1.82, 2.24) is 4.98 Å². The molecule has 104 valence electrons. The zero-order valence-corrected chi connectivity index (χ0v) is 11.7. The summed E-state index contributed by atoms with van der Waals surface area (Å²) in [5.41, 5.74) is 7.83. The van der Waals surface area contributed by atoms with Crippen molar-refractivity contribution >= 4 is 22.4 Å². The van der Waals surface area contributed by atoms with Crippen molar-refractivity contribution in [2.45, 2.75) is 19.8 Å². The number of pyridine rings is 1. The van der Waals surface area contributed by atoms with Crippen LogP contribution < -0.4 is 10.6 Å². The number of rotatable bonds is 2. The lowest BCUT2D eigenvalue weighted by Gasteiger charge is -2.33. The summed E-state index contributed by atoms with van der Waals surface area (Å²) in [5.74, 6) is -0.132. The lowest BCUT2D eigenvalue weighted by molar-refractivity contribution is -0.122. The van der Waals surface area contributed by atoms with Crippen molar-refractivity contribution in [2.75, 3.05) is 18.0 Å². The molecule has 0 unspecified atom stereocenters. The van der Waals surface area contributed by atoms with E-state index in [2.05, 4.69) is 35.0 Å². The molecule has 0 radical (unpaired) electrons. The van der Waals surface area contributed by atoms with Crippen LogP contribution >= 0.6 is 0 Å². The van der Waals surface area contributed by atoms with Crippen molar-refractivity contribution in [1.29, 1.82) is 0 Å². The number of primary amides is 1. The Kier molecular flexibility index (Phi) is 3.30. The van der Waals surface area contributed by atoms with Crippen molar-refractivity contribution in [3.63, 3.8) is 0 Å². The van der Waals surface area contributed by atoms with Crippen LogP contribution in [0, 0.1) is 12.8 Å². The molecule has 2 aromatic rings. The molecule has 0 bridgehead atoms. The zero-order chi connectivity index (χ0) is 14.1. The lowest BCUT2D eigenvalue weighted by Crippen LogP contribution is -2.38. The quantitative estimate of drug-likeness (QED) is 0.909. The van der Waals surface area contributed by atoms with Crippen LogP contribution in [-0.2, 0) is 4.79 Å². The summed E-state index contributed by atoms with van der Waals surface area (Å²) in [5, 5.41) is 2.43. The van der Waals surface area contributed by atoms with E-state index in [-0.39, 0.29) is 11.8 Å². The van der Waals surface area contributed by atoms with Gasteiger partial charge in [0.1, 0.15) is 0 Å². The van der Waals surface area contributed by atoms with Gasteiger partial charge in [-0.3, -0.25) is 9.78 Å². The van der Waals surface area contributed by atoms with Gasteiger partial charge in [0.25, 0.3) is 0 Å². The van der Waals surface area contributed by atoms with Gasteiger partial charge in [-0.15, -0.1) is 0 Å². The van der Waals surface area contributed by atoms with Gasteiger partial charge in [-0.05, 0) is 31.4 Å². The number of hydrogen-bond acceptors (Lipinski definition) is 3. The summed E-state index contributed by atoms with van der Waals surface area (Å²) in [6, 6.07) is 6.31. The number of amides is 1. The third kappa shape index (κ3) is 2.22. The maximum absolute atomic E-state index is 11.3. The van der Waals surface area contributed by atoms with E-state index in [1.165, 1.54) is 22.0 Å². The molecule has 2 N–H and O–H groups in total. The van der Waals surface area contributed by atoms with E-state index < -0.39 is 0 Å². The Morgan fingerprint density at radius 2 is 2.05 bits per heavy atom. The minimum Gasteiger partial charge on any atom is -0.371 e. The molecule has 1 aromatic carbocycles. The van der Waals surface area contributed by atoms with Gasteiger partial charge in [0.15, 0.2) is 0 Å². The van der Waals surface area contributed by atoms with Crippen LogP contribution in [0.5, 0.6) is 0 Å². The number of fused-ring (bicyclic) bond motifs is 1. The molecular weight excluding hydrogens is 250 g/mol. The minimum atomic E-state index is -0.164. The number of carbonyl (C=O) groups is 1. The summed E-state index contributed by atoms with van der Waals surface area (Å²) in [6.07, 6.45) is 5.50. The number of aromatic nitrogens is 1. The van der Waals surface area contributed by atoms with E-state index in [0.717, 1.165) is 25.9 Å². The van der Waals surface area contributed by atoms with E-state index in [4.69, 9.17) is 5.73 Å². The Morgan fingerprint density at radius 1 is 1.30 bits per heavy atom. The summed E-state index contributed by atoms with van der Waals surface area (Å²) in [6.45, 7) is 3.86. The minimum absolute atomic E-state index is 0.0315. The first-order chi connectivity index (χ1) is 9.66. The van der Waals surface area contributed by atoms with Gasteiger partial charge < -0.3 is 10.6 Å². The maximum atomic E-state index is 11.3. The molecule has 0 atom stereocenters. The van der Waals surface area contributed by atoms with Crippen LogP contribution in [0.2, 0.25) is 0 Å². The van der Waals surface area contributed by atoms with E-state index >= 15 is 0 Å². The summed E-state index contributed by atoms with van der Waals surface area (Å²) >= 11 is 0. The smallest absolute Gasteiger partial charge is 0.220 e. The van der Waals surface area contributed by atoms with Crippen LogP contribution in [0.15, 0.2) is 30.6 Å². The van der Waals surface area contributed by atoms with Crippen molar-refractivity contribution < 1.29 is 4.79 Å². The first kappa shape index (κ1) is 12.9. The fourth-order valence-corrected chi connectivity index (χ4v) is 3.06. The molecule has 0 spiro atoms. The van der Waals surface area contributed by atoms with E-state index in [0.29, 0.717) is 0 Å². The highest BCUT2D eigenvalue weighted by Gasteiger charge is 2.24. The monoisotopic (exact) mass is 269 g/mol. The number of nitrogens with zero attached hydrogens (tertiary/aromatic N) is 2. The third-order valence-electron chi connectivity index (χ3n) is 4.19. The molecule has 4 nitrogen and oxygen atoms in total. The molecule has 20 heavy (non-hydrogen) atoms. The second-order valence-corrected chi connectivity index (χ2v) is 5.50. The number of hydrogen-bond donors (Lipinski definition) is 1. The number of benzene rings is 1. The number of piperidine rings is 1. The summed E-state index contributed by atoms with van der Waals surface area (Å²) < 4.78 is 0. The largest absolute Gasteiger partial charge is 0.371 e. The normalized spacial score (nSPS) is 16.6. The fraction of sp³-hybridized carbons (Fsp3) is 0.375. The van der Waals surface area contributed by atoms with Gasteiger partial charge in [0.05, 0.1) is 0 Å². The second kappa shape index (κ2) is 5.12. The molecule has 1 fully saturated rings. The Balaban J connectivity index is 1.94.